The van der Waals surface area contributed by atoms with Crippen LogP contribution < -0.4 is 0 Å². The third-order valence-corrected chi connectivity index (χ3v) is 13.3. The van der Waals surface area contributed by atoms with Gasteiger partial charge in [0.1, 0.15) is 11.2 Å². The molecule has 0 radical (unpaired) electrons. The van der Waals surface area contributed by atoms with Crippen LogP contribution in [0.5, 0.6) is 0 Å². The highest BCUT2D eigenvalue weighted by Crippen LogP contribution is 2.55. The molecule has 1 nitrogen and oxygen atoms in total. The highest BCUT2D eigenvalue weighted by atomic mass is 16.3. The molecule has 0 amide bonds. The zero-order valence-electron chi connectivity index (χ0n) is 31.4. The molecule has 0 aliphatic heterocycles. The molecule has 0 unspecified atom stereocenters. The van der Waals surface area contributed by atoms with Crippen LogP contribution in [0.1, 0.15) is 49.9 Å². The van der Waals surface area contributed by atoms with Crippen LogP contribution in [0, 0.1) is 0 Å². The molecule has 1 heteroatoms. The lowest BCUT2D eigenvalue weighted by molar-refractivity contribution is 0.660. The van der Waals surface area contributed by atoms with Crippen molar-refractivity contribution in [1.29, 1.82) is 0 Å². The zero-order valence-corrected chi connectivity index (χ0v) is 31.4. The third kappa shape index (κ3) is 3.98. The fourth-order valence-corrected chi connectivity index (χ4v) is 10.6. The van der Waals surface area contributed by atoms with Crippen LogP contribution in [0.25, 0.3) is 98.8 Å². The van der Waals surface area contributed by atoms with E-state index in [2.05, 4.69) is 179 Å². The van der Waals surface area contributed by atoms with Crippen molar-refractivity contribution in [3.05, 3.63) is 180 Å². The minimum atomic E-state index is -0.169. The van der Waals surface area contributed by atoms with Crippen LogP contribution in [-0.2, 0) is 10.8 Å². The van der Waals surface area contributed by atoms with E-state index in [0.717, 1.165) is 11.2 Å². The van der Waals surface area contributed by atoms with Crippen molar-refractivity contribution < 1.29 is 4.42 Å². The Kier molecular flexibility index (Phi) is 5.98. The van der Waals surface area contributed by atoms with E-state index in [0.29, 0.717) is 0 Å². The summed E-state index contributed by atoms with van der Waals surface area (Å²) >= 11 is 0. The van der Waals surface area contributed by atoms with Gasteiger partial charge in [-0.05, 0) is 118 Å². The standard InChI is InChI=1S/C54H38O/c1-53(2)44-19-11-9-13-33(44)43-29-31(22-27-45(43)53)49-35-15-5-7-17-37(35)50(38-18-8-6-16-36(38)49)32-21-23-42-47(30-32)54(3,4)46-28-26-41-39(51(42)46)24-25-40-34-14-10-12-20-48(34)55-52(40)41/h5-30H,1-4H3. The van der Waals surface area contributed by atoms with Gasteiger partial charge in [-0.1, -0.05) is 161 Å². The topological polar surface area (TPSA) is 13.1 Å². The summed E-state index contributed by atoms with van der Waals surface area (Å²) in [6, 6.07) is 59.0. The van der Waals surface area contributed by atoms with Gasteiger partial charge in [0.25, 0.3) is 0 Å². The Morgan fingerprint density at radius 1 is 0.327 bits per heavy atom. The van der Waals surface area contributed by atoms with Gasteiger partial charge in [-0.25, -0.2) is 0 Å². The molecule has 0 N–H and O–H groups in total. The molecule has 260 valence electrons. The number of rotatable bonds is 2. The average Bonchev–Trinajstić information content (AvgIpc) is 3.79. The fourth-order valence-electron chi connectivity index (χ4n) is 10.6. The molecule has 10 aromatic rings. The van der Waals surface area contributed by atoms with E-state index in [1.54, 1.807) is 0 Å². The molecule has 0 saturated heterocycles. The third-order valence-electron chi connectivity index (χ3n) is 13.3. The van der Waals surface area contributed by atoms with Crippen LogP contribution in [0.4, 0.5) is 0 Å². The second-order valence-corrected chi connectivity index (χ2v) is 16.8. The number of para-hydroxylation sites is 1. The number of hydrogen-bond acceptors (Lipinski definition) is 1. The summed E-state index contributed by atoms with van der Waals surface area (Å²) in [6.45, 7) is 9.49. The maximum Gasteiger partial charge on any atom is 0.143 e. The van der Waals surface area contributed by atoms with Crippen LogP contribution in [0.2, 0.25) is 0 Å². The normalized spacial score (nSPS) is 14.8. The van der Waals surface area contributed by atoms with E-state index in [1.807, 2.05) is 6.07 Å². The summed E-state index contributed by atoms with van der Waals surface area (Å²) in [4.78, 5) is 0. The predicted molar refractivity (Wildman–Crippen MR) is 232 cm³/mol. The Labute approximate surface area is 320 Å². The lowest BCUT2D eigenvalue weighted by Crippen LogP contribution is -2.15. The summed E-state index contributed by atoms with van der Waals surface area (Å²) in [6.07, 6.45) is 0. The van der Waals surface area contributed by atoms with Crippen molar-refractivity contribution >= 4 is 54.3 Å². The lowest BCUT2D eigenvalue weighted by atomic mass is 9.80. The minimum absolute atomic E-state index is 0.0224. The molecule has 12 rings (SSSR count). The molecule has 0 bridgehead atoms. The van der Waals surface area contributed by atoms with Gasteiger partial charge in [0.2, 0.25) is 0 Å². The summed E-state index contributed by atoms with van der Waals surface area (Å²) in [5.74, 6) is 0. The zero-order chi connectivity index (χ0) is 36.8. The Hall–Kier alpha value is -6.44. The number of benzene rings is 9. The van der Waals surface area contributed by atoms with Crippen LogP contribution in [-0.4, -0.2) is 0 Å². The van der Waals surface area contributed by atoms with Gasteiger partial charge in [-0.15, -0.1) is 0 Å². The largest absolute Gasteiger partial charge is 0.455 e. The molecule has 55 heavy (non-hydrogen) atoms. The SMILES string of the molecule is CC1(C)c2ccccc2-c2cc(-c3c4ccccc4c(-c4ccc5c(c4)C(C)(C)c4ccc6c(ccc7c8ccccc8oc67)c4-5)c4ccccc34)ccc21. The molecule has 1 heterocycles. The second-order valence-electron chi connectivity index (χ2n) is 16.8. The minimum Gasteiger partial charge on any atom is -0.455 e. The molecule has 9 aromatic carbocycles. The number of hydrogen-bond donors (Lipinski definition) is 0. The second kappa shape index (κ2) is 10.6. The molecule has 2 aliphatic rings. The quantitative estimate of drug-likeness (QED) is 0.163. The van der Waals surface area contributed by atoms with Crippen LogP contribution in [0.15, 0.2) is 162 Å². The van der Waals surface area contributed by atoms with Crippen LogP contribution in [0.3, 0.4) is 0 Å². The van der Waals surface area contributed by atoms with E-state index < -0.39 is 0 Å². The van der Waals surface area contributed by atoms with Gasteiger partial charge in [-0.3, -0.25) is 0 Å². The summed E-state index contributed by atoms with van der Waals surface area (Å²) < 4.78 is 6.51. The van der Waals surface area contributed by atoms with Gasteiger partial charge in [0.05, 0.1) is 0 Å². The van der Waals surface area contributed by atoms with E-state index >= 15 is 0 Å². The number of furan rings is 1. The lowest BCUT2D eigenvalue weighted by Gasteiger charge is -2.23. The summed E-state index contributed by atoms with van der Waals surface area (Å²) in [5.41, 5.74) is 17.7. The summed E-state index contributed by atoms with van der Waals surface area (Å²) in [5, 5.41) is 9.89. The molecule has 0 saturated carbocycles. The van der Waals surface area contributed by atoms with E-state index in [4.69, 9.17) is 4.42 Å². The van der Waals surface area contributed by atoms with Gasteiger partial charge in [0.15, 0.2) is 0 Å². The van der Waals surface area contributed by atoms with Crippen molar-refractivity contribution in [3.63, 3.8) is 0 Å². The first-order chi connectivity index (χ1) is 26.8. The van der Waals surface area contributed by atoms with E-state index in [1.165, 1.54) is 110 Å². The highest BCUT2D eigenvalue weighted by molar-refractivity contribution is 6.22. The predicted octanol–water partition coefficient (Wildman–Crippen LogP) is 15.0. The van der Waals surface area contributed by atoms with Crippen molar-refractivity contribution in [2.45, 2.75) is 38.5 Å². The fraction of sp³-hybridized carbons (Fsp3) is 0.111. The Morgan fingerprint density at radius 3 is 1.55 bits per heavy atom. The average molecular weight is 703 g/mol. The van der Waals surface area contributed by atoms with Gasteiger partial charge < -0.3 is 4.42 Å². The molecule has 0 atom stereocenters. The number of fused-ring (bicyclic) bond motifs is 14. The molecular weight excluding hydrogens is 665 g/mol. The smallest absolute Gasteiger partial charge is 0.143 e. The highest BCUT2D eigenvalue weighted by Gasteiger charge is 2.38. The van der Waals surface area contributed by atoms with E-state index in [-0.39, 0.29) is 10.8 Å². The van der Waals surface area contributed by atoms with Crippen molar-refractivity contribution in [1.82, 2.24) is 0 Å². The van der Waals surface area contributed by atoms with Gasteiger partial charge in [-0.2, -0.15) is 0 Å². The van der Waals surface area contributed by atoms with Crippen molar-refractivity contribution in [2.75, 3.05) is 0 Å². The maximum absolute atomic E-state index is 6.51. The Balaban J connectivity index is 1.08. The first-order valence-corrected chi connectivity index (χ1v) is 19.5. The Bertz CT molecular complexity index is 3260. The van der Waals surface area contributed by atoms with Crippen LogP contribution >= 0.6 is 0 Å². The molecule has 0 spiro atoms. The molecule has 2 aliphatic carbocycles. The summed E-state index contributed by atoms with van der Waals surface area (Å²) in [7, 11) is 0. The van der Waals surface area contributed by atoms with Gasteiger partial charge in [0, 0.05) is 27.0 Å². The molecule has 0 fully saturated rings. The van der Waals surface area contributed by atoms with Crippen molar-refractivity contribution in [2.24, 2.45) is 0 Å². The van der Waals surface area contributed by atoms with Crippen molar-refractivity contribution in [3.8, 4) is 44.5 Å². The first-order valence-electron chi connectivity index (χ1n) is 19.5. The molecular formula is C54H38O. The molecule has 1 aromatic heterocycles. The van der Waals surface area contributed by atoms with Gasteiger partial charge >= 0.3 is 0 Å². The van der Waals surface area contributed by atoms with E-state index in [9.17, 15) is 0 Å². The first kappa shape index (κ1) is 31.0. The maximum atomic E-state index is 6.51. The monoisotopic (exact) mass is 702 g/mol. The Morgan fingerprint density at radius 2 is 0.818 bits per heavy atom.